The lowest BCUT2D eigenvalue weighted by atomic mass is 10.1. The van der Waals surface area contributed by atoms with Crippen molar-refractivity contribution >= 4 is 5.91 Å². The molecule has 1 amide bonds. The molecule has 0 saturated carbocycles. The second-order valence-corrected chi connectivity index (χ2v) is 2.80. The lowest BCUT2D eigenvalue weighted by Gasteiger charge is -2.24. The molecular weight excluding hydrogens is 156 g/mol. The third-order valence-corrected chi connectivity index (χ3v) is 1.85. The Bertz CT molecular complexity index is 265. The number of nitrogens with zero attached hydrogens (tertiary/aromatic N) is 1. The zero-order chi connectivity index (χ0) is 8.39. The molecule has 2 rings (SSSR count). The topological polar surface area (TPSA) is 43.3 Å². The first-order valence-corrected chi connectivity index (χ1v) is 3.88. The van der Waals surface area contributed by atoms with Crippen molar-refractivity contribution in [3.8, 4) is 0 Å². The number of ether oxygens (including phenoxy) is 1. The predicted octanol–water partition coefficient (Wildman–Crippen LogP) is 0.205. The maximum Gasteiger partial charge on any atom is 0.246 e. The van der Waals surface area contributed by atoms with Gasteiger partial charge in [-0.1, -0.05) is 0 Å². The van der Waals surface area contributed by atoms with E-state index >= 15 is 0 Å². The minimum absolute atomic E-state index is 0.0254. The van der Waals surface area contributed by atoms with Gasteiger partial charge in [0, 0.05) is 12.4 Å². The van der Waals surface area contributed by atoms with Crippen LogP contribution in [0.5, 0.6) is 0 Å². The van der Waals surface area contributed by atoms with Gasteiger partial charge in [-0.2, -0.15) is 0 Å². The smallest absolute Gasteiger partial charge is 0.246 e. The summed E-state index contributed by atoms with van der Waals surface area (Å²) in [7, 11) is 0. The van der Waals surface area contributed by atoms with E-state index in [9.17, 15) is 4.79 Å². The van der Waals surface area contributed by atoms with Gasteiger partial charge in [-0.15, -0.1) is 0 Å². The van der Waals surface area contributed by atoms with Gasteiger partial charge in [-0.3, -0.25) is 14.9 Å². The molecule has 12 heavy (non-hydrogen) atoms. The highest BCUT2D eigenvalue weighted by molar-refractivity contribution is 5.86. The van der Waals surface area contributed by atoms with Crippen LogP contribution in [0.4, 0.5) is 0 Å². The van der Waals surface area contributed by atoms with Crippen LogP contribution in [-0.2, 0) is 9.53 Å². The van der Waals surface area contributed by atoms with Crippen molar-refractivity contribution in [2.45, 2.75) is 0 Å². The highest BCUT2D eigenvalue weighted by Gasteiger charge is 2.26. The number of hydrogen-bond acceptors (Lipinski definition) is 2. The van der Waals surface area contributed by atoms with Crippen LogP contribution in [0, 0.1) is 5.92 Å². The largest absolute Gasteiger partial charge is 0.380 e. The Morgan fingerprint density at radius 3 is 2.58 bits per heavy atom. The first-order chi connectivity index (χ1) is 5.86. The van der Waals surface area contributed by atoms with E-state index in [1.807, 2.05) is 12.1 Å². The van der Waals surface area contributed by atoms with Gasteiger partial charge in [0.2, 0.25) is 5.91 Å². The molecule has 0 spiro atoms. The van der Waals surface area contributed by atoms with Gasteiger partial charge in [0.25, 0.3) is 0 Å². The molecule has 0 aromatic carbocycles. The van der Waals surface area contributed by atoms with E-state index < -0.39 is 0 Å². The van der Waals surface area contributed by atoms with Crippen molar-refractivity contribution in [1.82, 2.24) is 4.68 Å². The zero-order valence-electron chi connectivity index (χ0n) is 6.56. The van der Waals surface area contributed by atoms with E-state index in [1.165, 1.54) is 0 Å². The molecule has 0 atom stereocenters. The quantitative estimate of drug-likeness (QED) is 0.682. The average molecular weight is 166 g/mol. The summed E-state index contributed by atoms with van der Waals surface area (Å²) in [5.74, 6) is 0.0600. The van der Waals surface area contributed by atoms with Gasteiger partial charge >= 0.3 is 0 Å². The maximum atomic E-state index is 11.3. The summed E-state index contributed by atoms with van der Waals surface area (Å²) in [4.78, 5) is 11.3. The Morgan fingerprint density at radius 1 is 1.42 bits per heavy atom. The summed E-state index contributed by atoms with van der Waals surface area (Å²) in [5.41, 5.74) is 2.72. The molecule has 1 fully saturated rings. The van der Waals surface area contributed by atoms with E-state index in [-0.39, 0.29) is 11.8 Å². The Balaban J connectivity index is 1.90. The summed E-state index contributed by atoms with van der Waals surface area (Å²) in [6.07, 6.45) is 3.58. The molecule has 1 N–H and O–H groups in total. The minimum atomic E-state index is 0.0254. The van der Waals surface area contributed by atoms with E-state index in [4.69, 9.17) is 4.74 Å². The van der Waals surface area contributed by atoms with Crippen LogP contribution in [-0.4, -0.2) is 23.8 Å². The third-order valence-electron chi connectivity index (χ3n) is 1.85. The van der Waals surface area contributed by atoms with Gasteiger partial charge < -0.3 is 4.74 Å². The van der Waals surface area contributed by atoms with Crippen LogP contribution in [0.15, 0.2) is 24.5 Å². The lowest BCUT2D eigenvalue weighted by molar-refractivity contribution is -0.134. The molecule has 0 unspecified atom stereocenters. The van der Waals surface area contributed by atoms with Crippen molar-refractivity contribution in [3.63, 3.8) is 0 Å². The van der Waals surface area contributed by atoms with E-state index in [0.717, 1.165) is 0 Å². The van der Waals surface area contributed by atoms with Crippen molar-refractivity contribution in [2.24, 2.45) is 5.92 Å². The number of carbonyl (C=O) groups excluding carboxylic acids is 1. The van der Waals surface area contributed by atoms with Crippen LogP contribution in [0.25, 0.3) is 0 Å². The summed E-state index contributed by atoms with van der Waals surface area (Å²) in [5, 5.41) is 0. The number of rotatable bonds is 2. The summed E-state index contributed by atoms with van der Waals surface area (Å²) in [6, 6.07) is 3.72. The molecule has 0 aliphatic carbocycles. The second-order valence-electron chi connectivity index (χ2n) is 2.80. The molecule has 1 saturated heterocycles. The molecule has 0 radical (unpaired) electrons. The van der Waals surface area contributed by atoms with E-state index in [0.29, 0.717) is 13.2 Å². The summed E-state index contributed by atoms with van der Waals surface area (Å²) < 4.78 is 6.54. The monoisotopic (exact) mass is 166 g/mol. The van der Waals surface area contributed by atoms with Crippen molar-refractivity contribution in [2.75, 3.05) is 18.6 Å². The third kappa shape index (κ3) is 1.33. The SMILES string of the molecule is O=C(Nn1cccc1)C1COC1. The predicted molar refractivity (Wildman–Crippen MR) is 43.1 cm³/mol. The number of hydrogen-bond donors (Lipinski definition) is 1. The molecule has 4 heteroatoms. The van der Waals surface area contributed by atoms with Crippen LogP contribution < -0.4 is 5.43 Å². The normalized spacial score (nSPS) is 17.0. The molecule has 1 aliphatic rings. The summed E-state index contributed by atoms with van der Waals surface area (Å²) >= 11 is 0. The van der Waals surface area contributed by atoms with Gasteiger partial charge in [0.05, 0.1) is 19.1 Å². The standard InChI is InChI=1S/C8H10N2O2/c11-8(7-5-12-6-7)9-10-3-1-2-4-10/h1-4,7H,5-6H2,(H,9,11). The van der Waals surface area contributed by atoms with Crippen molar-refractivity contribution in [1.29, 1.82) is 0 Å². The molecule has 4 nitrogen and oxygen atoms in total. The molecule has 1 aromatic rings. The molecule has 1 aromatic heterocycles. The van der Waals surface area contributed by atoms with Gasteiger partial charge in [0.1, 0.15) is 0 Å². The minimum Gasteiger partial charge on any atom is -0.380 e. The van der Waals surface area contributed by atoms with Crippen LogP contribution in [0.1, 0.15) is 0 Å². The van der Waals surface area contributed by atoms with Crippen molar-refractivity contribution in [3.05, 3.63) is 24.5 Å². The van der Waals surface area contributed by atoms with E-state index in [1.54, 1.807) is 17.1 Å². The van der Waals surface area contributed by atoms with Crippen LogP contribution in [0.2, 0.25) is 0 Å². The second kappa shape index (κ2) is 2.98. The molecular formula is C8H10N2O2. The van der Waals surface area contributed by atoms with Gasteiger partial charge in [-0.05, 0) is 12.1 Å². The maximum absolute atomic E-state index is 11.3. The Kier molecular flexibility index (Phi) is 1.83. The van der Waals surface area contributed by atoms with Gasteiger partial charge in [-0.25, -0.2) is 0 Å². The molecule has 64 valence electrons. The average Bonchev–Trinajstić information content (AvgIpc) is 2.34. The first kappa shape index (κ1) is 7.36. The summed E-state index contributed by atoms with van der Waals surface area (Å²) in [6.45, 7) is 1.10. The Morgan fingerprint density at radius 2 is 2.08 bits per heavy atom. The Labute approximate surface area is 70.1 Å². The Hall–Kier alpha value is -1.29. The van der Waals surface area contributed by atoms with Crippen LogP contribution >= 0.6 is 0 Å². The fraction of sp³-hybridized carbons (Fsp3) is 0.375. The first-order valence-electron chi connectivity index (χ1n) is 3.88. The molecule has 2 heterocycles. The van der Waals surface area contributed by atoms with Gasteiger partial charge in [0.15, 0.2) is 0 Å². The lowest BCUT2D eigenvalue weighted by Crippen LogP contribution is -2.40. The fourth-order valence-electron chi connectivity index (χ4n) is 1.01. The van der Waals surface area contributed by atoms with Crippen LogP contribution in [0.3, 0.4) is 0 Å². The zero-order valence-corrected chi connectivity index (χ0v) is 6.56. The van der Waals surface area contributed by atoms with Crippen molar-refractivity contribution < 1.29 is 9.53 Å². The highest BCUT2D eigenvalue weighted by atomic mass is 16.5. The number of nitrogens with one attached hydrogen (secondary N) is 1. The molecule has 1 aliphatic heterocycles. The fourth-order valence-corrected chi connectivity index (χ4v) is 1.01. The highest BCUT2D eigenvalue weighted by Crippen LogP contribution is 2.09. The number of amides is 1. The molecule has 0 bridgehead atoms. The number of carbonyl (C=O) groups is 1. The number of aromatic nitrogens is 1. The van der Waals surface area contributed by atoms with E-state index in [2.05, 4.69) is 5.43 Å².